The largest absolute Gasteiger partial charge is 0.394 e. The first kappa shape index (κ1) is 23.6. The maximum atomic E-state index is 12.6. The van der Waals surface area contributed by atoms with E-state index in [1.807, 2.05) is 0 Å². The minimum atomic E-state index is -0.699. The van der Waals surface area contributed by atoms with Gasteiger partial charge in [0, 0.05) is 13.2 Å². The van der Waals surface area contributed by atoms with Crippen molar-refractivity contribution in [1.29, 1.82) is 0 Å². The van der Waals surface area contributed by atoms with Crippen LogP contribution < -0.4 is 16.1 Å². The van der Waals surface area contributed by atoms with Crippen LogP contribution in [0.25, 0.3) is 5.65 Å². The Bertz CT molecular complexity index is 1140. The molecular weight excluding hydrogens is 465 g/mol. The van der Waals surface area contributed by atoms with Crippen LogP contribution in [-0.2, 0) is 9.57 Å². The SMILES string of the molecule is CO[C@@H](C)c1c(NC(=O)Nc2cnc(C(=O)NOCCO)c(Cl)c2)cnc2cc(Cl)nn12. The van der Waals surface area contributed by atoms with Gasteiger partial charge >= 0.3 is 6.03 Å². The van der Waals surface area contributed by atoms with E-state index in [0.717, 1.165) is 0 Å². The third-order valence-electron chi connectivity index (χ3n) is 4.15. The van der Waals surface area contributed by atoms with Gasteiger partial charge in [-0.05, 0) is 13.0 Å². The second-order valence-corrected chi connectivity index (χ2v) is 7.10. The fourth-order valence-corrected chi connectivity index (χ4v) is 3.12. The summed E-state index contributed by atoms with van der Waals surface area (Å²) in [6, 6.07) is 2.32. The molecule has 0 aliphatic heterocycles. The summed E-state index contributed by atoms with van der Waals surface area (Å²) >= 11 is 12.1. The van der Waals surface area contributed by atoms with Crippen LogP contribution in [0.5, 0.6) is 0 Å². The second-order valence-electron chi connectivity index (χ2n) is 6.31. The van der Waals surface area contributed by atoms with Crippen molar-refractivity contribution in [1.82, 2.24) is 25.1 Å². The Morgan fingerprint density at radius 3 is 2.69 bits per heavy atom. The van der Waals surface area contributed by atoms with Crippen molar-refractivity contribution in [2.75, 3.05) is 31.0 Å². The molecule has 0 aliphatic rings. The van der Waals surface area contributed by atoms with E-state index in [4.69, 9.17) is 37.9 Å². The normalized spacial score (nSPS) is 11.9. The number of fused-ring (bicyclic) bond motifs is 1. The third-order valence-corrected chi connectivity index (χ3v) is 4.62. The number of methoxy groups -OCH3 is 1. The van der Waals surface area contributed by atoms with Crippen molar-refractivity contribution in [2.24, 2.45) is 0 Å². The number of nitrogens with one attached hydrogen (secondary N) is 3. The molecule has 0 saturated carbocycles. The summed E-state index contributed by atoms with van der Waals surface area (Å²) in [5.41, 5.74) is 3.58. The highest BCUT2D eigenvalue weighted by Crippen LogP contribution is 2.26. The molecule has 0 fully saturated rings. The fraction of sp³-hybridized carbons (Fsp3) is 0.278. The molecule has 32 heavy (non-hydrogen) atoms. The molecule has 0 saturated heterocycles. The molecule has 1 atom stereocenters. The Morgan fingerprint density at radius 1 is 1.22 bits per heavy atom. The third kappa shape index (κ3) is 5.41. The fourth-order valence-electron chi connectivity index (χ4n) is 2.69. The van der Waals surface area contributed by atoms with Crippen molar-refractivity contribution < 1.29 is 24.3 Å². The van der Waals surface area contributed by atoms with Gasteiger partial charge in [-0.1, -0.05) is 23.2 Å². The van der Waals surface area contributed by atoms with E-state index >= 15 is 0 Å². The zero-order valence-corrected chi connectivity index (χ0v) is 18.4. The highest BCUT2D eigenvalue weighted by atomic mass is 35.5. The monoisotopic (exact) mass is 483 g/mol. The van der Waals surface area contributed by atoms with Crippen LogP contribution in [0.4, 0.5) is 16.2 Å². The summed E-state index contributed by atoms with van der Waals surface area (Å²) < 4.78 is 6.87. The van der Waals surface area contributed by atoms with Gasteiger partial charge in [-0.25, -0.2) is 24.8 Å². The molecule has 3 aromatic rings. The van der Waals surface area contributed by atoms with Gasteiger partial charge in [-0.15, -0.1) is 0 Å². The average Bonchev–Trinajstić information content (AvgIpc) is 3.13. The molecule has 3 rings (SSSR count). The maximum Gasteiger partial charge on any atom is 0.323 e. The lowest BCUT2D eigenvalue weighted by Gasteiger charge is -2.17. The zero-order valence-electron chi connectivity index (χ0n) is 16.9. The number of anilines is 2. The minimum Gasteiger partial charge on any atom is -0.394 e. The number of aliphatic hydroxyl groups excluding tert-OH is 1. The van der Waals surface area contributed by atoms with Crippen molar-refractivity contribution in [3.8, 4) is 0 Å². The van der Waals surface area contributed by atoms with Crippen LogP contribution in [0.2, 0.25) is 10.2 Å². The summed E-state index contributed by atoms with van der Waals surface area (Å²) in [5, 5.41) is 18.3. The molecule has 3 heterocycles. The number of amides is 3. The van der Waals surface area contributed by atoms with Crippen LogP contribution in [0.1, 0.15) is 29.2 Å². The first-order valence-corrected chi connectivity index (χ1v) is 9.93. The summed E-state index contributed by atoms with van der Waals surface area (Å²) in [4.78, 5) is 37.4. The standard InChI is InChI=1S/C18H19Cl2N7O5/c1-9(31-2)16-12(8-21-14-6-13(20)25-27(14)16)24-18(30)23-10-5-11(19)15(22-7-10)17(29)26-32-4-3-28/h5-9,28H,3-4H2,1-2H3,(H,26,29)(H2,23,24,30)/t9-/m0/s1. The Balaban J connectivity index is 1.75. The van der Waals surface area contributed by atoms with E-state index in [9.17, 15) is 9.59 Å². The number of carbonyl (C=O) groups excluding carboxylic acids is 2. The van der Waals surface area contributed by atoms with Gasteiger partial charge in [0.25, 0.3) is 5.91 Å². The molecule has 170 valence electrons. The topological polar surface area (TPSA) is 152 Å². The number of ether oxygens (including phenoxy) is 1. The van der Waals surface area contributed by atoms with E-state index in [0.29, 0.717) is 17.0 Å². The van der Waals surface area contributed by atoms with E-state index in [2.05, 4.69) is 31.2 Å². The van der Waals surface area contributed by atoms with E-state index < -0.39 is 18.0 Å². The smallest absolute Gasteiger partial charge is 0.323 e. The van der Waals surface area contributed by atoms with Gasteiger partial charge in [0.1, 0.15) is 5.69 Å². The van der Waals surface area contributed by atoms with Gasteiger partial charge < -0.3 is 20.5 Å². The Morgan fingerprint density at radius 2 is 2.00 bits per heavy atom. The summed E-state index contributed by atoms with van der Waals surface area (Å²) in [6.07, 6.45) is 2.27. The summed E-state index contributed by atoms with van der Waals surface area (Å²) in [5.74, 6) is -0.699. The van der Waals surface area contributed by atoms with Crippen LogP contribution in [0.15, 0.2) is 24.5 Å². The van der Waals surface area contributed by atoms with Crippen LogP contribution >= 0.6 is 23.2 Å². The quantitative estimate of drug-likeness (QED) is 0.281. The Kier molecular flexibility index (Phi) is 7.77. The van der Waals surface area contributed by atoms with Gasteiger partial charge in [0.15, 0.2) is 10.8 Å². The molecule has 0 bridgehead atoms. The molecule has 0 radical (unpaired) electrons. The molecule has 4 N–H and O–H groups in total. The highest BCUT2D eigenvalue weighted by molar-refractivity contribution is 6.33. The molecule has 0 spiro atoms. The van der Waals surface area contributed by atoms with E-state index in [-0.39, 0.29) is 34.8 Å². The van der Waals surface area contributed by atoms with Crippen molar-refractivity contribution in [2.45, 2.75) is 13.0 Å². The first-order chi connectivity index (χ1) is 15.3. The van der Waals surface area contributed by atoms with Gasteiger partial charge in [0.05, 0.1) is 53.8 Å². The number of rotatable bonds is 8. The molecule has 12 nitrogen and oxygen atoms in total. The molecule has 3 amide bonds. The molecular formula is C18H19Cl2N7O5. The van der Waals surface area contributed by atoms with Crippen LogP contribution in [-0.4, -0.2) is 57.0 Å². The zero-order chi connectivity index (χ0) is 23.3. The summed E-state index contributed by atoms with van der Waals surface area (Å²) in [6.45, 7) is 1.43. The van der Waals surface area contributed by atoms with Crippen molar-refractivity contribution >= 4 is 52.2 Å². The molecule has 0 aromatic carbocycles. The number of hydrogen-bond donors (Lipinski definition) is 4. The van der Waals surface area contributed by atoms with Gasteiger partial charge in [-0.3, -0.25) is 9.63 Å². The Hall–Kier alpha value is -3.03. The molecule has 3 aromatic heterocycles. The number of urea groups is 1. The van der Waals surface area contributed by atoms with Crippen molar-refractivity contribution in [3.63, 3.8) is 0 Å². The molecule has 14 heteroatoms. The van der Waals surface area contributed by atoms with E-state index in [1.54, 1.807) is 13.0 Å². The first-order valence-electron chi connectivity index (χ1n) is 9.17. The lowest BCUT2D eigenvalue weighted by molar-refractivity contribution is 0.0165. The number of aliphatic hydroxyl groups is 1. The number of nitrogens with zero attached hydrogens (tertiary/aromatic N) is 4. The molecule has 0 aliphatic carbocycles. The van der Waals surface area contributed by atoms with E-state index in [1.165, 1.54) is 30.1 Å². The predicted molar refractivity (Wildman–Crippen MR) is 116 cm³/mol. The lowest BCUT2D eigenvalue weighted by Crippen LogP contribution is -2.26. The summed E-state index contributed by atoms with van der Waals surface area (Å²) in [7, 11) is 1.52. The molecule has 0 unspecified atom stereocenters. The predicted octanol–water partition coefficient (Wildman–Crippen LogP) is 2.44. The number of pyridine rings is 1. The highest BCUT2D eigenvalue weighted by Gasteiger charge is 2.19. The van der Waals surface area contributed by atoms with Gasteiger partial charge in [0.2, 0.25) is 0 Å². The number of hydroxylamine groups is 1. The lowest BCUT2D eigenvalue weighted by atomic mass is 10.2. The van der Waals surface area contributed by atoms with Crippen molar-refractivity contribution in [3.05, 3.63) is 46.1 Å². The number of aromatic nitrogens is 4. The average molecular weight is 484 g/mol. The second kappa shape index (κ2) is 10.5. The van der Waals surface area contributed by atoms with Gasteiger partial charge in [-0.2, -0.15) is 5.10 Å². The number of carbonyl (C=O) groups is 2. The Labute approximate surface area is 191 Å². The number of hydrogen-bond acceptors (Lipinski definition) is 8. The van der Waals surface area contributed by atoms with Crippen LogP contribution in [0, 0.1) is 0 Å². The number of halogens is 2. The maximum absolute atomic E-state index is 12.6. The minimum absolute atomic E-state index is 0.0177. The van der Waals surface area contributed by atoms with Crippen LogP contribution in [0.3, 0.4) is 0 Å².